The van der Waals surface area contributed by atoms with E-state index in [0.717, 1.165) is 61.1 Å². The molecule has 0 spiro atoms. The van der Waals surface area contributed by atoms with Crippen LogP contribution in [-0.2, 0) is 15.6 Å². The number of carbonyl (C=O) groups excluding carboxylic acids is 1. The molecule has 172 valence electrons. The molecule has 3 unspecified atom stereocenters. The summed E-state index contributed by atoms with van der Waals surface area (Å²) in [6.07, 6.45) is 5.78. The van der Waals surface area contributed by atoms with Crippen LogP contribution in [0.1, 0.15) is 63.5 Å². The Morgan fingerprint density at radius 2 is 1.68 bits per heavy atom. The van der Waals surface area contributed by atoms with Crippen molar-refractivity contribution in [3.05, 3.63) is 93.4 Å². The number of carbonyl (C=O) groups is 1. The third kappa shape index (κ3) is 2.39. The summed E-state index contributed by atoms with van der Waals surface area (Å²) >= 11 is 0. The highest BCUT2D eigenvalue weighted by Gasteiger charge is 2.53. The van der Waals surface area contributed by atoms with Gasteiger partial charge in [0.2, 0.25) is 0 Å². The molecule has 3 aliphatic carbocycles. The number of nitrogens with two attached hydrogens (primary N) is 1. The van der Waals surface area contributed by atoms with Crippen LogP contribution in [0.25, 0.3) is 0 Å². The summed E-state index contributed by atoms with van der Waals surface area (Å²) in [4.78, 5) is 13.7. The van der Waals surface area contributed by atoms with Gasteiger partial charge < -0.3 is 15.7 Å². The van der Waals surface area contributed by atoms with Gasteiger partial charge in [0.15, 0.2) is 5.78 Å². The van der Waals surface area contributed by atoms with Crippen LogP contribution < -0.4 is 15.7 Å². The van der Waals surface area contributed by atoms with Crippen molar-refractivity contribution in [1.82, 2.24) is 0 Å². The molecule has 0 bridgehead atoms. The first kappa shape index (κ1) is 20.3. The van der Waals surface area contributed by atoms with E-state index in [4.69, 9.17) is 0 Å². The highest BCUT2D eigenvalue weighted by molar-refractivity contribution is 6.22. The predicted octanol–water partition coefficient (Wildman–Crippen LogP) is 4.02. The van der Waals surface area contributed by atoms with Crippen LogP contribution in [0.5, 0.6) is 0 Å². The van der Waals surface area contributed by atoms with E-state index in [9.17, 15) is 9.90 Å². The molecule has 0 radical (unpaired) electrons. The maximum absolute atomic E-state index is 13.7. The van der Waals surface area contributed by atoms with Gasteiger partial charge >= 0.3 is 0 Å². The highest BCUT2D eigenvalue weighted by atomic mass is 16.3. The quantitative estimate of drug-likeness (QED) is 0.509. The predicted molar refractivity (Wildman–Crippen MR) is 130 cm³/mol. The van der Waals surface area contributed by atoms with Crippen LogP contribution in [0.3, 0.4) is 0 Å². The monoisotopic (exact) mass is 450 g/mol. The van der Waals surface area contributed by atoms with Crippen molar-refractivity contribution in [2.24, 2.45) is 0 Å². The molecular formula is C30H30N2O2. The van der Waals surface area contributed by atoms with E-state index in [1.54, 1.807) is 0 Å². The van der Waals surface area contributed by atoms with E-state index in [0.29, 0.717) is 11.1 Å². The lowest BCUT2D eigenvalue weighted by Crippen LogP contribution is -2.86. The smallest absolute Gasteiger partial charge is 0.192 e. The molecule has 4 nitrogen and oxygen atoms in total. The number of hydrogen-bond acceptors (Lipinski definition) is 3. The SMILES string of the molecule is CC12CCCC(C3=C([O-])/C(=C4\CCCC5(C)c6ccccc6[NH2+]C45)C3=O)=C1Nc1ccccc12. The Bertz CT molecular complexity index is 1380. The largest absolute Gasteiger partial charge is 0.871 e. The number of anilines is 1. The van der Waals surface area contributed by atoms with Gasteiger partial charge in [-0.25, -0.2) is 0 Å². The molecule has 7 rings (SSSR count). The van der Waals surface area contributed by atoms with Crippen LogP contribution in [0.2, 0.25) is 0 Å². The normalized spacial score (nSPS) is 33.7. The maximum atomic E-state index is 13.7. The molecule has 1 saturated carbocycles. The minimum Gasteiger partial charge on any atom is -0.871 e. The summed E-state index contributed by atoms with van der Waals surface area (Å²) in [6.45, 7) is 4.57. The fourth-order valence-electron chi connectivity index (χ4n) is 7.65. The topological polar surface area (TPSA) is 68.8 Å². The lowest BCUT2D eigenvalue weighted by molar-refractivity contribution is -0.601. The maximum Gasteiger partial charge on any atom is 0.192 e. The molecular weight excluding hydrogens is 420 g/mol. The Kier molecular flexibility index (Phi) is 4.01. The van der Waals surface area contributed by atoms with Crippen LogP contribution in [-0.4, -0.2) is 11.8 Å². The van der Waals surface area contributed by atoms with E-state index in [-0.39, 0.29) is 28.4 Å². The zero-order valence-electron chi connectivity index (χ0n) is 19.8. The molecule has 3 N–H and O–H groups in total. The Morgan fingerprint density at radius 3 is 2.50 bits per heavy atom. The number of allylic oxidation sites excluding steroid dienone is 4. The molecule has 2 heterocycles. The molecule has 4 heteroatoms. The van der Waals surface area contributed by atoms with Gasteiger partial charge in [-0.3, -0.25) is 4.79 Å². The van der Waals surface area contributed by atoms with Crippen LogP contribution in [0.15, 0.2) is 82.3 Å². The van der Waals surface area contributed by atoms with E-state index in [2.05, 4.69) is 66.9 Å². The first-order chi connectivity index (χ1) is 16.4. The summed E-state index contributed by atoms with van der Waals surface area (Å²) in [6, 6.07) is 17.1. The molecule has 3 atom stereocenters. The van der Waals surface area contributed by atoms with Crippen LogP contribution in [0, 0.1) is 0 Å². The first-order valence-electron chi connectivity index (χ1n) is 12.7. The minimum atomic E-state index is -0.148. The third-order valence-electron chi connectivity index (χ3n) is 9.40. The number of ketones is 1. The van der Waals surface area contributed by atoms with Gasteiger partial charge in [-0.2, -0.15) is 0 Å². The van der Waals surface area contributed by atoms with Crippen molar-refractivity contribution in [3.63, 3.8) is 0 Å². The molecule has 0 saturated heterocycles. The average Bonchev–Trinajstić information content (AvgIpc) is 3.32. The van der Waals surface area contributed by atoms with Gasteiger partial charge in [0.25, 0.3) is 0 Å². The molecule has 0 aromatic heterocycles. The Hall–Kier alpha value is -3.11. The zero-order valence-corrected chi connectivity index (χ0v) is 19.8. The van der Waals surface area contributed by atoms with Gasteiger partial charge in [0.05, 0.1) is 5.41 Å². The minimum absolute atomic E-state index is 0.0156. The van der Waals surface area contributed by atoms with Crippen molar-refractivity contribution in [2.45, 2.75) is 69.2 Å². The molecule has 0 amide bonds. The number of para-hydroxylation sites is 2. The average molecular weight is 451 g/mol. The van der Waals surface area contributed by atoms with Crippen LogP contribution in [0.4, 0.5) is 11.4 Å². The van der Waals surface area contributed by atoms with Crippen molar-refractivity contribution in [1.29, 1.82) is 0 Å². The first-order valence-corrected chi connectivity index (χ1v) is 12.7. The molecule has 34 heavy (non-hydrogen) atoms. The number of hydrogen-bond donors (Lipinski definition) is 2. The number of benzene rings is 2. The Balaban J connectivity index is 1.34. The number of quaternary nitrogens is 1. The van der Waals surface area contributed by atoms with Gasteiger partial charge in [-0.15, -0.1) is 0 Å². The molecule has 2 aliphatic heterocycles. The summed E-state index contributed by atoms with van der Waals surface area (Å²) in [7, 11) is 0. The fraction of sp³-hybridized carbons (Fsp3) is 0.367. The standard InChI is InChI=1S/C30H30N2O2/c1-29-15-7-9-17(27(29)31-21-13-5-3-11-19(21)29)23-25(33)24(26(23)34)18-10-8-16-30(2)20-12-4-6-14-22(20)32-28(18)30/h3-6,11-14,27,31-33H,7-10,15-16H2,1-2H3/b23-17-. The van der Waals surface area contributed by atoms with E-state index >= 15 is 0 Å². The summed E-state index contributed by atoms with van der Waals surface area (Å²) in [5.41, 5.74) is 8.91. The number of fused-ring (bicyclic) bond motifs is 6. The van der Waals surface area contributed by atoms with Gasteiger partial charge in [-0.1, -0.05) is 42.2 Å². The lowest BCUT2D eigenvalue weighted by Gasteiger charge is -2.42. The van der Waals surface area contributed by atoms with Crippen LogP contribution >= 0.6 is 0 Å². The zero-order chi connectivity index (χ0) is 23.2. The number of Topliss-reactive ketones (excluding diaryl/α,β-unsaturated/α-hetero) is 1. The summed E-state index contributed by atoms with van der Waals surface area (Å²) in [5.74, 6) is -0.0313. The van der Waals surface area contributed by atoms with E-state index in [1.165, 1.54) is 16.8 Å². The van der Waals surface area contributed by atoms with E-state index in [1.807, 2.05) is 6.07 Å². The second kappa shape index (κ2) is 6.73. The third-order valence-corrected chi connectivity index (χ3v) is 9.40. The van der Waals surface area contributed by atoms with Crippen molar-refractivity contribution < 1.29 is 15.2 Å². The number of nitrogens with one attached hydrogen (secondary N) is 1. The van der Waals surface area contributed by atoms with Gasteiger partial charge in [0.1, 0.15) is 11.7 Å². The molecule has 2 aromatic carbocycles. The Labute approximate surface area is 200 Å². The molecule has 2 aromatic rings. The van der Waals surface area contributed by atoms with Crippen molar-refractivity contribution in [2.75, 3.05) is 5.32 Å². The van der Waals surface area contributed by atoms with Crippen molar-refractivity contribution >= 4 is 17.2 Å². The molecule has 1 fully saturated rings. The summed E-state index contributed by atoms with van der Waals surface area (Å²) in [5, 5.41) is 19.6. The van der Waals surface area contributed by atoms with Crippen molar-refractivity contribution in [3.8, 4) is 0 Å². The fourth-order valence-corrected chi connectivity index (χ4v) is 7.65. The summed E-state index contributed by atoms with van der Waals surface area (Å²) < 4.78 is 0. The van der Waals surface area contributed by atoms with Gasteiger partial charge in [-0.05, 0) is 81.2 Å². The second-order valence-electron chi connectivity index (χ2n) is 11.1. The lowest BCUT2D eigenvalue weighted by atomic mass is 9.63. The molecule has 5 aliphatic rings. The highest BCUT2D eigenvalue weighted by Crippen LogP contribution is 2.54. The number of rotatable bonds is 1. The Morgan fingerprint density at radius 1 is 0.941 bits per heavy atom. The second-order valence-corrected chi connectivity index (χ2v) is 11.1. The van der Waals surface area contributed by atoms with Gasteiger partial charge in [0, 0.05) is 33.5 Å². The van der Waals surface area contributed by atoms with E-state index < -0.39 is 0 Å².